The Kier molecular flexibility index (Phi) is 7.94. The summed E-state index contributed by atoms with van der Waals surface area (Å²) in [6, 6.07) is 5.66. The third-order valence-corrected chi connectivity index (χ3v) is 5.18. The number of aliphatic imine (C=N–C) groups is 3. The molecule has 4 N–H and O–H groups in total. The highest BCUT2D eigenvalue weighted by Crippen LogP contribution is 2.37. The van der Waals surface area contributed by atoms with Crippen LogP contribution >= 0.6 is 15.9 Å². The van der Waals surface area contributed by atoms with E-state index in [0.717, 1.165) is 15.7 Å². The van der Waals surface area contributed by atoms with Crippen molar-refractivity contribution in [3.05, 3.63) is 40.0 Å². The topological polar surface area (TPSA) is 120 Å². The number of amidine groups is 1. The molecule has 3 rings (SSSR count). The molecule has 0 spiro atoms. The van der Waals surface area contributed by atoms with Crippen molar-refractivity contribution in [2.24, 2.45) is 15.0 Å². The number of aliphatic hydroxyl groups is 1. The molecule has 0 aromatic heterocycles. The summed E-state index contributed by atoms with van der Waals surface area (Å²) in [5.74, 6) is -0.0419. The van der Waals surface area contributed by atoms with Crippen LogP contribution < -0.4 is 16.0 Å². The average Bonchev–Trinajstić information content (AvgIpc) is 3.06. The number of ether oxygens (including phenoxy) is 1. The lowest BCUT2D eigenvalue weighted by molar-refractivity contribution is -0.115. The number of hydrogen-bond donors (Lipinski definition) is 4. The molecule has 0 bridgehead atoms. The van der Waals surface area contributed by atoms with Gasteiger partial charge in [0.05, 0.1) is 24.0 Å². The minimum Gasteiger partial charge on any atom is -0.392 e. The van der Waals surface area contributed by atoms with Crippen molar-refractivity contribution in [1.82, 2.24) is 10.6 Å². The number of fused-ring (bicyclic) bond motifs is 1. The lowest BCUT2D eigenvalue weighted by Crippen LogP contribution is -2.37. The standard InChI is InChI=1S/C21H27BrN6O3/c1-4-31-8-7-24-11-15-18(27-21(25-10-12(2)29)28-19(15)23-3)17-14-9-13(22)5-6-16(14)26-20(17)30/h5-6,9,11-12,17,24,29H,4,7-8,10H2,1-3H3,(H,26,30)(H,23,25,28)/b15-11-/t12-,17?/m1/s1. The SMILES string of the molecule is CCOCCN/C=C1/C(C2C(=O)Nc3ccc(Br)cc32)=NC(NC[C@@H](C)O)=N/C1=N/C. The molecule has 166 valence electrons. The van der Waals surface area contributed by atoms with E-state index in [1.807, 2.05) is 25.1 Å². The van der Waals surface area contributed by atoms with Gasteiger partial charge in [0, 0.05) is 43.1 Å². The maximum atomic E-state index is 13.0. The van der Waals surface area contributed by atoms with Gasteiger partial charge in [0.25, 0.3) is 0 Å². The van der Waals surface area contributed by atoms with Gasteiger partial charge in [-0.3, -0.25) is 9.79 Å². The number of halogens is 1. The first-order valence-corrected chi connectivity index (χ1v) is 10.9. The van der Waals surface area contributed by atoms with Gasteiger partial charge in [0.2, 0.25) is 11.9 Å². The lowest BCUT2D eigenvalue weighted by Gasteiger charge is -2.22. The molecule has 9 nitrogen and oxygen atoms in total. The Hall–Kier alpha value is -2.56. The molecule has 0 saturated carbocycles. The predicted octanol–water partition coefficient (Wildman–Crippen LogP) is 1.80. The van der Waals surface area contributed by atoms with Crippen molar-refractivity contribution >= 4 is 45.0 Å². The Morgan fingerprint density at radius 3 is 2.94 bits per heavy atom. The number of benzene rings is 1. The fourth-order valence-electron chi connectivity index (χ4n) is 3.27. The molecular weight excluding hydrogens is 464 g/mol. The number of guanidine groups is 1. The Labute approximate surface area is 189 Å². The molecule has 2 heterocycles. The number of nitrogens with zero attached hydrogens (tertiary/aromatic N) is 3. The zero-order valence-electron chi connectivity index (χ0n) is 17.8. The summed E-state index contributed by atoms with van der Waals surface area (Å²) in [5.41, 5.74) is 2.74. The van der Waals surface area contributed by atoms with E-state index in [4.69, 9.17) is 4.74 Å². The fourth-order valence-corrected chi connectivity index (χ4v) is 3.65. The van der Waals surface area contributed by atoms with Crippen LogP contribution in [0.15, 0.2) is 49.4 Å². The van der Waals surface area contributed by atoms with E-state index in [1.54, 1.807) is 20.2 Å². The van der Waals surface area contributed by atoms with E-state index in [2.05, 4.69) is 46.9 Å². The number of carbonyl (C=O) groups is 1. The summed E-state index contributed by atoms with van der Waals surface area (Å²) in [6.07, 6.45) is 1.20. The Morgan fingerprint density at radius 2 is 2.23 bits per heavy atom. The van der Waals surface area contributed by atoms with Gasteiger partial charge in [0.15, 0.2) is 5.84 Å². The van der Waals surface area contributed by atoms with Gasteiger partial charge in [-0.15, -0.1) is 0 Å². The van der Waals surface area contributed by atoms with Crippen LogP contribution in [-0.4, -0.2) is 68.0 Å². The second-order valence-corrected chi connectivity index (χ2v) is 7.99. The van der Waals surface area contributed by atoms with Gasteiger partial charge < -0.3 is 25.8 Å². The van der Waals surface area contributed by atoms with E-state index >= 15 is 0 Å². The van der Waals surface area contributed by atoms with Crippen LogP contribution in [-0.2, 0) is 9.53 Å². The number of aliphatic hydroxyl groups excluding tert-OH is 1. The maximum Gasteiger partial charge on any atom is 0.238 e. The summed E-state index contributed by atoms with van der Waals surface area (Å²) >= 11 is 3.49. The van der Waals surface area contributed by atoms with Crippen molar-refractivity contribution in [3.63, 3.8) is 0 Å². The first-order valence-electron chi connectivity index (χ1n) is 10.1. The highest BCUT2D eigenvalue weighted by molar-refractivity contribution is 9.10. The molecule has 1 unspecified atom stereocenters. The third kappa shape index (κ3) is 5.57. The summed E-state index contributed by atoms with van der Waals surface area (Å²) < 4.78 is 6.24. The van der Waals surface area contributed by atoms with Gasteiger partial charge in [0.1, 0.15) is 5.92 Å². The van der Waals surface area contributed by atoms with Crippen molar-refractivity contribution < 1.29 is 14.6 Å². The second-order valence-electron chi connectivity index (χ2n) is 7.07. The molecule has 0 fully saturated rings. The third-order valence-electron chi connectivity index (χ3n) is 4.68. The van der Waals surface area contributed by atoms with Crippen molar-refractivity contribution in [1.29, 1.82) is 0 Å². The zero-order chi connectivity index (χ0) is 22.4. The minimum absolute atomic E-state index is 0.167. The van der Waals surface area contributed by atoms with Crippen LogP contribution in [0.4, 0.5) is 5.69 Å². The van der Waals surface area contributed by atoms with E-state index in [1.165, 1.54) is 0 Å². The highest BCUT2D eigenvalue weighted by atomic mass is 79.9. The van der Waals surface area contributed by atoms with Gasteiger partial charge >= 0.3 is 0 Å². The predicted molar refractivity (Wildman–Crippen MR) is 126 cm³/mol. The van der Waals surface area contributed by atoms with Crippen LogP contribution in [0.2, 0.25) is 0 Å². The van der Waals surface area contributed by atoms with Crippen molar-refractivity contribution in [2.75, 3.05) is 38.7 Å². The van der Waals surface area contributed by atoms with Gasteiger partial charge in [-0.25, -0.2) is 4.99 Å². The van der Waals surface area contributed by atoms with Gasteiger partial charge in [-0.1, -0.05) is 15.9 Å². The van der Waals surface area contributed by atoms with Gasteiger partial charge in [-0.05, 0) is 37.6 Å². The number of nitrogens with one attached hydrogen (secondary N) is 3. The monoisotopic (exact) mass is 490 g/mol. The molecule has 2 aliphatic heterocycles. The van der Waals surface area contributed by atoms with Crippen LogP contribution in [0.5, 0.6) is 0 Å². The molecule has 0 aliphatic carbocycles. The number of anilines is 1. The molecule has 0 radical (unpaired) electrons. The number of amides is 1. The smallest absolute Gasteiger partial charge is 0.238 e. The molecule has 10 heteroatoms. The minimum atomic E-state index is -0.622. The number of rotatable bonds is 8. The summed E-state index contributed by atoms with van der Waals surface area (Å²) in [6.45, 7) is 5.67. The van der Waals surface area contributed by atoms with E-state index < -0.39 is 12.0 Å². The lowest BCUT2D eigenvalue weighted by atomic mass is 9.90. The molecule has 31 heavy (non-hydrogen) atoms. The molecule has 1 aromatic rings. The molecular formula is C21H27BrN6O3. The van der Waals surface area contributed by atoms with Crippen LogP contribution in [0.3, 0.4) is 0 Å². The van der Waals surface area contributed by atoms with E-state index in [9.17, 15) is 9.90 Å². The second kappa shape index (κ2) is 10.7. The fraction of sp³-hybridized carbons (Fsp3) is 0.429. The quantitative estimate of drug-likeness (QED) is 0.414. The first-order chi connectivity index (χ1) is 14.9. The van der Waals surface area contributed by atoms with Crippen LogP contribution in [0.25, 0.3) is 0 Å². The molecule has 2 atom stereocenters. The number of carbonyl (C=O) groups excluding carboxylic acids is 1. The van der Waals surface area contributed by atoms with Crippen LogP contribution in [0, 0.1) is 0 Å². The molecule has 0 saturated heterocycles. The summed E-state index contributed by atoms with van der Waals surface area (Å²) in [7, 11) is 1.64. The van der Waals surface area contributed by atoms with E-state index in [0.29, 0.717) is 42.8 Å². The van der Waals surface area contributed by atoms with Crippen molar-refractivity contribution in [3.8, 4) is 0 Å². The molecule has 1 aromatic carbocycles. The van der Waals surface area contributed by atoms with Crippen molar-refractivity contribution in [2.45, 2.75) is 25.9 Å². The molecule has 2 aliphatic rings. The summed E-state index contributed by atoms with van der Waals surface area (Å²) in [4.78, 5) is 26.4. The van der Waals surface area contributed by atoms with Crippen LogP contribution in [0.1, 0.15) is 25.3 Å². The first kappa shape index (κ1) is 23.1. The Balaban J connectivity index is 2.00. The normalized spacial score (nSPS) is 21.5. The Morgan fingerprint density at radius 1 is 1.42 bits per heavy atom. The van der Waals surface area contributed by atoms with E-state index in [-0.39, 0.29) is 12.5 Å². The zero-order valence-corrected chi connectivity index (χ0v) is 19.4. The van der Waals surface area contributed by atoms with Gasteiger partial charge in [-0.2, -0.15) is 4.99 Å². The summed E-state index contributed by atoms with van der Waals surface area (Å²) in [5, 5.41) is 18.8. The average molecular weight is 491 g/mol. The largest absolute Gasteiger partial charge is 0.392 e. The maximum absolute atomic E-state index is 13.0. The number of hydrogen-bond acceptors (Lipinski definition) is 7. The Bertz CT molecular complexity index is 954. The highest BCUT2D eigenvalue weighted by Gasteiger charge is 2.39. The molecule has 1 amide bonds.